The Morgan fingerprint density at radius 2 is 1.94 bits per heavy atom. The molecule has 17 heavy (non-hydrogen) atoms. The van der Waals surface area contributed by atoms with Crippen LogP contribution < -0.4 is 5.43 Å². The third-order valence-corrected chi connectivity index (χ3v) is 3.18. The molecule has 0 radical (unpaired) electrons. The number of H-pyrrole nitrogens is 1. The molecule has 1 atom stereocenters. The zero-order valence-electron chi connectivity index (χ0n) is 11.1. The fraction of sp³-hybridized carbons (Fsp3) is 0.538. The predicted octanol–water partition coefficient (Wildman–Crippen LogP) is 1.80. The summed E-state index contributed by atoms with van der Waals surface area (Å²) in [6.45, 7) is 7.86. The molecule has 0 fully saturated rings. The number of nitrogens with one attached hydrogen (secondary N) is 1. The molecular formula is C13H20N2O2. The van der Waals surface area contributed by atoms with Crippen molar-refractivity contribution in [1.82, 2.24) is 9.88 Å². The second kappa shape index (κ2) is 5.17. The Balaban J connectivity index is 3.01. The lowest BCUT2D eigenvalue weighted by atomic mass is 10.0. The highest BCUT2D eigenvalue weighted by Crippen LogP contribution is 2.10. The molecule has 0 aliphatic carbocycles. The Kier molecular flexibility index (Phi) is 4.10. The fourth-order valence-electron chi connectivity index (χ4n) is 1.56. The van der Waals surface area contributed by atoms with Crippen molar-refractivity contribution >= 4 is 5.91 Å². The monoisotopic (exact) mass is 236 g/mol. The van der Waals surface area contributed by atoms with Crippen LogP contribution in [0.1, 0.15) is 36.8 Å². The fourth-order valence-corrected chi connectivity index (χ4v) is 1.56. The summed E-state index contributed by atoms with van der Waals surface area (Å²) in [7, 11) is 1.73. The molecule has 0 saturated carbocycles. The van der Waals surface area contributed by atoms with Gasteiger partial charge in [-0.15, -0.1) is 0 Å². The molecule has 1 N–H and O–H groups in total. The van der Waals surface area contributed by atoms with Gasteiger partial charge in [0.2, 0.25) is 0 Å². The highest BCUT2D eigenvalue weighted by molar-refractivity contribution is 5.93. The van der Waals surface area contributed by atoms with Gasteiger partial charge >= 0.3 is 0 Å². The first-order valence-electron chi connectivity index (χ1n) is 5.81. The molecule has 4 nitrogen and oxygen atoms in total. The molecule has 4 heteroatoms. The van der Waals surface area contributed by atoms with E-state index in [-0.39, 0.29) is 22.9 Å². The predicted molar refractivity (Wildman–Crippen MR) is 68.2 cm³/mol. The molecule has 0 saturated heterocycles. The summed E-state index contributed by atoms with van der Waals surface area (Å²) < 4.78 is 0. The van der Waals surface area contributed by atoms with Crippen LogP contribution in [0.25, 0.3) is 0 Å². The van der Waals surface area contributed by atoms with E-state index in [1.165, 1.54) is 12.3 Å². The van der Waals surface area contributed by atoms with Crippen LogP contribution in [0, 0.1) is 12.8 Å². The van der Waals surface area contributed by atoms with Gasteiger partial charge in [0.15, 0.2) is 5.43 Å². The normalized spacial score (nSPS) is 12.6. The van der Waals surface area contributed by atoms with Crippen molar-refractivity contribution in [3.63, 3.8) is 0 Å². The van der Waals surface area contributed by atoms with Gasteiger partial charge in [0.25, 0.3) is 5.91 Å². The number of carbonyl (C=O) groups excluding carboxylic acids is 1. The van der Waals surface area contributed by atoms with Crippen LogP contribution in [0.15, 0.2) is 17.1 Å². The highest BCUT2D eigenvalue weighted by atomic mass is 16.2. The summed E-state index contributed by atoms with van der Waals surface area (Å²) in [6, 6.07) is 1.55. The lowest BCUT2D eigenvalue weighted by molar-refractivity contribution is 0.0705. The zero-order chi connectivity index (χ0) is 13.2. The molecule has 94 valence electrons. The largest absolute Gasteiger partial charge is 0.364 e. The van der Waals surface area contributed by atoms with E-state index in [9.17, 15) is 9.59 Å². The minimum atomic E-state index is -0.229. The van der Waals surface area contributed by atoms with E-state index >= 15 is 0 Å². The summed E-state index contributed by atoms with van der Waals surface area (Å²) in [6.07, 6.45) is 1.49. The van der Waals surface area contributed by atoms with Crippen molar-refractivity contribution in [3.8, 4) is 0 Å². The Morgan fingerprint density at radius 3 is 2.41 bits per heavy atom. The lowest BCUT2D eigenvalue weighted by Crippen LogP contribution is -2.40. The minimum absolute atomic E-state index is 0.100. The van der Waals surface area contributed by atoms with Gasteiger partial charge in [0.05, 0.1) is 0 Å². The Labute approximate surface area is 102 Å². The van der Waals surface area contributed by atoms with Gasteiger partial charge in [-0.3, -0.25) is 9.59 Å². The molecule has 0 bridgehead atoms. The van der Waals surface area contributed by atoms with Crippen molar-refractivity contribution < 1.29 is 4.79 Å². The van der Waals surface area contributed by atoms with Crippen LogP contribution in [0.3, 0.4) is 0 Å². The Hall–Kier alpha value is -1.58. The van der Waals surface area contributed by atoms with Gasteiger partial charge < -0.3 is 9.88 Å². The summed E-state index contributed by atoms with van der Waals surface area (Å²) >= 11 is 0. The van der Waals surface area contributed by atoms with Gasteiger partial charge in [-0.1, -0.05) is 13.8 Å². The third-order valence-electron chi connectivity index (χ3n) is 3.18. The standard InChI is InChI=1S/C13H20N2O2/c1-8(2)10(4)15(5)13(17)11-7-14-9(3)6-12(11)16/h6-8,10H,1-5H3,(H,14,16). The number of rotatable bonds is 3. The summed E-state index contributed by atoms with van der Waals surface area (Å²) in [5.41, 5.74) is 0.728. The van der Waals surface area contributed by atoms with E-state index in [1.807, 2.05) is 20.8 Å². The second-order valence-corrected chi connectivity index (χ2v) is 4.79. The van der Waals surface area contributed by atoms with Crippen molar-refractivity contribution in [2.75, 3.05) is 7.05 Å². The molecule has 1 aromatic heterocycles. The SMILES string of the molecule is Cc1cc(=O)c(C(=O)N(C)C(C)C(C)C)c[nH]1. The maximum atomic E-state index is 12.1. The molecule has 0 spiro atoms. The highest BCUT2D eigenvalue weighted by Gasteiger charge is 2.21. The number of amides is 1. The maximum absolute atomic E-state index is 12.1. The number of pyridine rings is 1. The number of aromatic amines is 1. The summed E-state index contributed by atoms with van der Waals surface area (Å²) in [5, 5.41) is 0. The van der Waals surface area contributed by atoms with Gasteiger partial charge in [0.1, 0.15) is 5.56 Å². The molecule has 0 aliphatic heterocycles. The van der Waals surface area contributed by atoms with Gasteiger partial charge in [-0.05, 0) is 19.8 Å². The molecule has 0 aliphatic rings. The van der Waals surface area contributed by atoms with Crippen LogP contribution in [0.2, 0.25) is 0 Å². The van der Waals surface area contributed by atoms with E-state index in [4.69, 9.17) is 0 Å². The van der Waals surface area contributed by atoms with Gasteiger partial charge in [-0.25, -0.2) is 0 Å². The second-order valence-electron chi connectivity index (χ2n) is 4.79. The van der Waals surface area contributed by atoms with Crippen molar-refractivity contribution in [1.29, 1.82) is 0 Å². The van der Waals surface area contributed by atoms with Crippen LogP contribution in [0.5, 0.6) is 0 Å². The van der Waals surface area contributed by atoms with E-state index in [1.54, 1.807) is 18.9 Å². The Morgan fingerprint density at radius 1 is 1.35 bits per heavy atom. The molecule has 1 heterocycles. The number of aryl methyl sites for hydroxylation is 1. The number of carbonyl (C=O) groups is 1. The molecule has 1 aromatic rings. The smallest absolute Gasteiger partial charge is 0.259 e. The van der Waals surface area contributed by atoms with E-state index in [0.29, 0.717) is 5.92 Å². The van der Waals surface area contributed by atoms with Gasteiger partial charge in [0, 0.05) is 31.0 Å². The molecule has 1 unspecified atom stereocenters. The third kappa shape index (κ3) is 2.96. The quantitative estimate of drug-likeness (QED) is 0.870. The Bertz CT molecular complexity index is 463. The van der Waals surface area contributed by atoms with E-state index in [0.717, 1.165) is 5.69 Å². The summed E-state index contributed by atoms with van der Waals surface area (Å²) in [5.74, 6) is 0.126. The van der Waals surface area contributed by atoms with E-state index < -0.39 is 0 Å². The number of nitrogens with zero attached hydrogens (tertiary/aromatic N) is 1. The van der Waals surface area contributed by atoms with Crippen LogP contribution in [-0.2, 0) is 0 Å². The minimum Gasteiger partial charge on any atom is -0.364 e. The van der Waals surface area contributed by atoms with Crippen molar-refractivity contribution in [2.45, 2.75) is 33.7 Å². The topological polar surface area (TPSA) is 53.2 Å². The van der Waals surface area contributed by atoms with Crippen molar-refractivity contribution in [3.05, 3.63) is 33.7 Å². The maximum Gasteiger partial charge on any atom is 0.259 e. The first kappa shape index (κ1) is 13.5. The van der Waals surface area contributed by atoms with Crippen molar-refractivity contribution in [2.24, 2.45) is 5.92 Å². The van der Waals surface area contributed by atoms with Crippen LogP contribution >= 0.6 is 0 Å². The summed E-state index contributed by atoms with van der Waals surface area (Å²) in [4.78, 5) is 28.4. The number of hydrogen-bond donors (Lipinski definition) is 1. The first-order chi connectivity index (χ1) is 7.84. The molecule has 0 aromatic carbocycles. The van der Waals surface area contributed by atoms with Crippen LogP contribution in [-0.4, -0.2) is 28.9 Å². The van der Waals surface area contributed by atoms with Crippen LogP contribution in [0.4, 0.5) is 0 Å². The van der Waals surface area contributed by atoms with E-state index in [2.05, 4.69) is 4.98 Å². The average Bonchev–Trinajstić information content (AvgIpc) is 2.26. The lowest BCUT2D eigenvalue weighted by Gasteiger charge is -2.27. The average molecular weight is 236 g/mol. The van der Waals surface area contributed by atoms with Gasteiger partial charge in [-0.2, -0.15) is 0 Å². The molecular weight excluding hydrogens is 216 g/mol. The zero-order valence-corrected chi connectivity index (χ0v) is 11.1. The number of aromatic nitrogens is 1. The molecule has 1 amide bonds. The molecule has 1 rings (SSSR count). The number of hydrogen-bond acceptors (Lipinski definition) is 2. The first-order valence-corrected chi connectivity index (χ1v) is 5.81.